The van der Waals surface area contributed by atoms with Crippen molar-refractivity contribution in [3.05, 3.63) is 41.5 Å². The Bertz CT molecular complexity index is 795. The van der Waals surface area contributed by atoms with Crippen molar-refractivity contribution in [3.8, 4) is 5.69 Å². The van der Waals surface area contributed by atoms with E-state index >= 15 is 0 Å². The second kappa shape index (κ2) is 8.12. The van der Waals surface area contributed by atoms with Crippen LogP contribution in [0.1, 0.15) is 48.7 Å². The number of nitrogens with zero attached hydrogens (tertiary/aromatic N) is 5. The quantitative estimate of drug-likeness (QED) is 0.795. The standard InChI is InChI=1S/C19H27N5O2/c1-7-23(12-17(25)22(5)6)19(26)18-20-14(4)24(21-18)16-11-9-8-10-15(16)13(2)3/h8-11,13H,7,12H2,1-6H3. The van der Waals surface area contributed by atoms with E-state index in [4.69, 9.17) is 0 Å². The van der Waals surface area contributed by atoms with Gasteiger partial charge in [-0.25, -0.2) is 9.67 Å². The lowest BCUT2D eigenvalue weighted by Crippen LogP contribution is -2.40. The second-order valence-corrected chi connectivity index (χ2v) is 6.72. The zero-order valence-electron chi connectivity index (χ0n) is 16.4. The van der Waals surface area contributed by atoms with Crippen LogP contribution in [0.2, 0.25) is 0 Å². The Hall–Kier alpha value is -2.70. The van der Waals surface area contributed by atoms with Gasteiger partial charge in [0.2, 0.25) is 11.7 Å². The van der Waals surface area contributed by atoms with E-state index in [9.17, 15) is 9.59 Å². The summed E-state index contributed by atoms with van der Waals surface area (Å²) in [5.41, 5.74) is 2.05. The fraction of sp³-hybridized carbons (Fsp3) is 0.474. The molecule has 0 fully saturated rings. The minimum Gasteiger partial charge on any atom is -0.347 e. The highest BCUT2D eigenvalue weighted by Gasteiger charge is 2.23. The molecule has 26 heavy (non-hydrogen) atoms. The average Bonchev–Trinajstić information content (AvgIpc) is 3.00. The second-order valence-electron chi connectivity index (χ2n) is 6.72. The predicted molar refractivity (Wildman–Crippen MR) is 100 cm³/mol. The fourth-order valence-electron chi connectivity index (χ4n) is 2.65. The summed E-state index contributed by atoms with van der Waals surface area (Å²) in [4.78, 5) is 32.0. The maximum absolute atomic E-state index is 12.8. The Kier molecular flexibility index (Phi) is 6.13. The van der Waals surface area contributed by atoms with Crippen LogP contribution in [0.15, 0.2) is 24.3 Å². The molecule has 0 atom stereocenters. The zero-order valence-corrected chi connectivity index (χ0v) is 16.4. The molecule has 2 aromatic rings. The number of benzene rings is 1. The van der Waals surface area contributed by atoms with E-state index in [1.54, 1.807) is 18.8 Å². The Labute approximate surface area is 154 Å². The smallest absolute Gasteiger partial charge is 0.294 e. The van der Waals surface area contributed by atoms with Crippen LogP contribution in [-0.2, 0) is 4.79 Å². The molecule has 1 aromatic heterocycles. The molecule has 0 radical (unpaired) electrons. The van der Waals surface area contributed by atoms with Gasteiger partial charge < -0.3 is 9.80 Å². The third-order valence-corrected chi connectivity index (χ3v) is 4.24. The summed E-state index contributed by atoms with van der Waals surface area (Å²) in [7, 11) is 3.33. The summed E-state index contributed by atoms with van der Waals surface area (Å²) in [5.74, 6) is 0.581. The van der Waals surface area contributed by atoms with Crippen LogP contribution in [0.25, 0.3) is 5.69 Å². The molecule has 0 aliphatic rings. The van der Waals surface area contributed by atoms with E-state index in [1.165, 1.54) is 9.80 Å². The lowest BCUT2D eigenvalue weighted by molar-refractivity contribution is -0.129. The van der Waals surface area contributed by atoms with Crippen LogP contribution < -0.4 is 0 Å². The number of carbonyl (C=O) groups excluding carboxylic acids is 2. The zero-order chi connectivity index (χ0) is 19.4. The fourth-order valence-corrected chi connectivity index (χ4v) is 2.65. The van der Waals surface area contributed by atoms with Crippen LogP contribution in [0, 0.1) is 6.92 Å². The number of carbonyl (C=O) groups is 2. The maximum Gasteiger partial charge on any atom is 0.294 e. The third-order valence-electron chi connectivity index (χ3n) is 4.24. The first-order chi connectivity index (χ1) is 12.3. The van der Waals surface area contributed by atoms with Crippen molar-refractivity contribution in [2.75, 3.05) is 27.2 Å². The minimum absolute atomic E-state index is 0.0124. The number of amides is 2. The number of para-hydroxylation sites is 1. The highest BCUT2D eigenvalue weighted by molar-refractivity contribution is 5.93. The van der Waals surface area contributed by atoms with Crippen LogP contribution in [0.5, 0.6) is 0 Å². The van der Waals surface area contributed by atoms with Gasteiger partial charge in [-0.1, -0.05) is 32.0 Å². The van der Waals surface area contributed by atoms with E-state index in [1.807, 2.05) is 32.0 Å². The van der Waals surface area contributed by atoms with E-state index in [2.05, 4.69) is 30.0 Å². The summed E-state index contributed by atoms with van der Waals surface area (Å²) < 4.78 is 1.70. The lowest BCUT2D eigenvalue weighted by Gasteiger charge is -2.20. The number of hydrogen-bond acceptors (Lipinski definition) is 4. The summed E-state index contributed by atoms with van der Waals surface area (Å²) in [6.07, 6.45) is 0. The number of likely N-dealkylation sites (N-methyl/N-ethyl adjacent to an activating group) is 2. The van der Waals surface area contributed by atoms with Gasteiger partial charge in [0.25, 0.3) is 5.91 Å². The predicted octanol–water partition coefficient (Wildman–Crippen LogP) is 2.25. The minimum atomic E-state index is -0.341. The molecule has 0 unspecified atom stereocenters. The highest BCUT2D eigenvalue weighted by Crippen LogP contribution is 2.23. The monoisotopic (exact) mass is 357 g/mol. The molecule has 0 aliphatic heterocycles. The van der Waals surface area contributed by atoms with Crippen molar-refractivity contribution >= 4 is 11.8 Å². The van der Waals surface area contributed by atoms with Crippen molar-refractivity contribution in [1.82, 2.24) is 24.6 Å². The first-order valence-electron chi connectivity index (χ1n) is 8.78. The van der Waals surface area contributed by atoms with Crippen molar-refractivity contribution in [2.24, 2.45) is 0 Å². The third kappa shape index (κ3) is 4.09. The van der Waals surface area contributed by atoms with Gasteiger partial charge in [-0.3, -0.25) is 9.59 Å². The molecule has 0 aliphatic carbocycles. The normalized spacial score (nSPS) is 10.9. The van der Waals surface area contributed by atoms with Gasteiger partial charge in [0, 0.05) is 20.6 Å². The molecule has 7 nitrogen and oxygen atoms in total. The molecule has 0 N–H and O–H groups in total. The summed E-state index contributed by atoms with van der Waals surface area (Å²) >= 11 is 0. The Balaban J connectivity index is 2.35. The summed E-state index contributed by atoms with van der Waals surface area (Å²) in [6.45, 7) is 8.31. The SMILES string of the molecule is CCN(CC(=O)N(C)C)C(=O)c1nc(C)n(-c2ccccc2C(C)C)n1. The van der Waals surface area contributed by atoms with Gasteiger partial charge in [0.05, 0.1) is 5.69 Å². The van der Waals surface area contributed by atoms with Crippen molar-refractivity contribution in [1.29, 1.82) is 0 Å². The molecule has 0 spiro atoms. The molecule has 1 heterocycles. The Morgan fingerprint density at radius 2 is 1.85 bits per heavy atom. The van der Waals surface area contributed by atoms with Gasteiger partial charge in [0.15, 0.2) is 0 Å². The Morgan fingerprint density at radius 3 is 2.42 bits per heavy atom. The van der Waals surface area contributed by atoms with Crippen molar-refractivity contribution < 1.29 is 9.59 Å². The molecule has 7 heteroatoms. The molecule has 2 rings (SSSR count). The van der Waals surface area contributed by atoms with E-state index in [0.29, 0.717) is 18.3 Å². The van der Waals surface area contributed by atoms with Crippen LogP contribution >= 0.6 is 0 Å². The largest absolute Gasteiger partial charge is 0.347 e. The van der Waals surface area contributed by atoms with Crippen molar-refractivity contribution in [3.63, 3.8) is 0 Å². The molecule has 0 saturated heterocycles. The van der Waals surface area contributed by atoms with Gasteiger partial charge in [0.1, 0.15) is 12.4 Å². The molecular weight excluding hydrogens is 330 g/mol. The van der Waals surface area contributed by atoms with Crippen LogP contribution in [0.4, 0.5) is 0 Å². The van der Waals surface area contributed by atoms with Crippen LogP contribution in [0.3, 0.4) is 0 Å². The first-order valence-corrected chi connectivity index (χ1v) is 8.78. The topological polar surface area (TPSA) is 71.3 Å². The van der Waals surface area contributed by atoms with Crippen molar-refractivity contribution in [2.45, 2.75) is 33.6 Å². The van der Waals surface area contributed by atoms with E-state index in [0.717, 1.165) is 11.3 Å². The van der Waals surface area contributed by atoms with Gasteiger partial charge in [-0.2, -0.15) is 0 Å². The number of hydrogen-bond donors (Lipinski definition) is 0. The number of aromatic nitrogens is 3. The highest BCUT2D eigenvalue weighted by atomic mass is 16.2. The van der Waals surface area contributed by atoms with E-state index < -0.39 is 0 Å². The van der Waals surface area contributed by atoms with Gasteiger partial charge in [-0.15, -0.1) is 5.10 Å². The maximum atomic E-state index is 12.8. The molecule has 1 aromatic carbocycles. The molecule has 140 valence electrons. The summed E-state index contributed by atoms with van der Waals surface area (Å²) in [6, 6.07) is 7.95. The van der Waals surface area contributed by atoms with Crippen LogP contribution in [-0.4, -0.2) is 63.6 Å². The molecule has 0 saturated carbocycles. The average molecular weight is 357 g/mol. The lowest BCUT2D eigenvalue weighted by atomic mass is 10.0. The number of aryl methyl sites for hydroxylation is 1. The Morgan fingerprint density at radius 1 is 1.19 bits per heavy atom. The van der Waals surface area contributed by atoms with E-state index in [-0.39, 0.29) is 24.2 Å². The first kappa shape index (κ1) is 19.6. The van der Waals surface area contributed by atoms with Gasteiger partial charge >= 0.3 is 0 Å². The van der Waals surface area contributed by atoms with Gasteiger partial charge in [-0.05, 0) is 31.4 Å². The number of rotatable bonds is 6. The molecule has 0 bridgehead atoms. The molecule has 2 amide bonds. The molecular formula is C19H27N5O2. The summed E-state index contributed by atoms with van der Waals surface area (Å²) in [5, 5.41) is 4.43.